The maximum Gasteiger partial charge on any atom is 0.349 e. The van der Waals surface area contributed by atoms with Gasteiger partial charge in [-0.3, -0.25) is 9.59 Å². The predicted molar refractivity (Wildman–Crippen MR) is 105 cm³/mol. The van der Waals surface area contributed by atoms with Crippen LogP contribution in [0.2, 0.25) is 0 Å². The highest BCUT2D eigenvalue weighted by molar-refractivity contribution is 5.97. The maximum atomic E-state index is 12.5. The minimum atomic E-state index is -0.784. The summed E-state index contributed by atoms with van der Waals surface area (Å²) in [7, 11) is 1.46. The Morgan fingerprint density at radius 3 is 2.87 bits per heavy atom. The molecule has 0 aliphatic rings. The second-order valence-electron chi connectivity index (χ2n) is 6.18. The van der Waals surface area contributed by atoms with Crippen LogP contribution >= 0.6 is 0 Å². The third kappa shape index (κ3) is 3.68. The molecule has 0 bridgehead atoms. The highest BCUT2D eigenvalue weighted by atomic mass is 16.5. The summed E-state index contributed by atoms with van der Waals surface area (Å²) < 4.78 is 13.0. The lowest BCUT2D eigenvalue weighted by Crippen LogP contribution is -2.34. The fourth-order valence-corrected chi connectivity index (χ4v) is 2.85. The third-order valence-electron chi connectivity index (χ3n) is 4.30. The number of methoxy groups -OCH3 is 1. The van der Waals surface area contributed by atoms with Crippen molar-refractivity contribution in [2.45, 2.75) is 6.54 Å². The molecule has 0 atom stereocenters. The summed E-state index contributed by atoms with van der Waals surface area (Å²) >= 11 is 0. The van der Waals surface area contributed by atoms with Crippen LogP contribution in [-0.4, -0.2) is 44.1 Å². The lowest BCUT2D eigenvalue weighted by Gasteiger charge is -2.09. The van der Waals surface area contributed by atoms with Crippen LogP contribution < -0.4 is 21.2 Å². The molecule has 152 valence electrons. The Labute approximate surface area is 168 Å². The van der Waals surface area contributed by atoms with Gasteiger partial charge in [-0.25, -0.2) is 19.1 Å². The molecule has 3 aromatic heterocycles. The number of nitrogens with one attached hydrogen (secondary N) is 1. The second kappa shape index (κ2) is 7.99. The Bertz CT molecular complexity index is 1330. The van der Waals surface area contributed by atoms with Crippen molar-refractivity contribution in [3.63, 3.8) is 0 Å². The zero-order valence-corrected chi connectivity index (χ0v) is 15.8. The Kier molecular flexibility index (Phi) is 5.08. The average Bonchev–Trinajstić information content (AvgIpc) is 3.29. The Balaban J connectivity index is 1.49. The summed E-state index contributed by atoms with van der Waals surface area (Å²) in [4.78, 5) is 40.5. The molecule has 0 radical (unpaired) electrons. The van der Waals surface area contributed by atoms with Crippen LogP contribution in [0, 0.1) is 0 Å². The summed E-state index contributed by atoms with van der Waals surface area (Å²) in [5.41, 5.74) is -1.01. The van der Waals surface area contributed by atoms with Gasteiger partial charge in [-0.05, 0) is 18.2 Å². The molecule has 0 aliphatic carbocycles. The van der Waals surface area contributed by atoms with Crippen molar-refractivity contribution in [2.75, 3.05) is 13.7 Å². The minimum absolute atomic E-state index is 0.0716. The number of carbonyl (C=O) groups is 1. The van der Waals surface area contributed by atoms with Crippen molar-refractivity contribution >= 4 is 16.9 Å². The van der Waals surface area contributed by atoms with Crippen LogP contribution in [0.15, 0.2) is 63.1 Å². The van der Waals surface area contributed by atoms with Gasteiger partial charge in [0.1, 0.15) is 18.2 Å². The smallest absolute Gasteiger partial charge is 0.349 e. The van der Waals surface area contributed by atoms with Gasteiger partial charge in [-0.2, -0.15) is 5.10 Å². The van der Waals surface area contributed by atoms with E-state index in [-0.39, 0.29) is 29.8 Å². The molecule has 1 aromatic carbocycles. The first-order valence-corrected chi connectivity index (χ1v) is 8.89. The summed E-state index contributed by atoms with van der Waals surface area (Å²) in [5.74, 6) is 0.186. The number of nitrogens with zero attached hydrogens (tertiary/aromatic N) is 5. The van der Waals surface area contributed by atoms with E-state index in [0.717, 1.165) is 0 Å². The summed E-state index contributed by atoms with van der Waals surface area (Å²) in [6.45, 7) is 0.169. The maximum absolute atomic E-state index is 12.5. The highest BCUT2D eigenvalue weighted by Crippen LogP contribution is 2.24. The van der Waals surface area contributed by atoms with Crippen LogP contribution in [-0.2, 0) is 6.54 Å². The summed E-state index contributed by atoms with van der Waals surface area (Å²) in [5, 5.41) is 11.3. The number of carbonyl (C=O) groups excluding carboxylic acids is 1. The van der Waals surface area contributed by atoms with Crippen LogP contribution in [0.5, 0.6) is 5.75 Å². The molecule has 0 saturated heterocycles. The molecule has 1 N–H and O–H groups in total. The molecule has 0 unspecified atom stereocenters. The van der Waals surface area contributed by atoms with Crippen LogP contribution in [0.25, 0.3) is 16.8 Å². The van der Waals surface area contributed by atoms with Gasteiger partial charge < -0.3 is 14.5 Å². The van der Waals surface area contributed by atoms with Gasteiger partial charge in [0.15, 0.2) is 17.2 Å². The van der Waals surface area contributed by atoms with E-state index >= 15 is 0 Å². The van der Waals surface area contributed by atoms with Crippen molar-refractivity contribution in [1.29, 1.82) is 0 Å². The molecular weight excluding hydrogens is 392 g/mol. The van der Waals surface area contributed by atoms with E-state index in [4.69, 9.17) is 9.15 Å². The Hall–Kier alpha value is -4.28. The van der Waals surface area contributed by atoms with Crippen LogP contribution in [0.4, 0.5) is 0 Å². The predicted octanol–water partition coefficient (Wildman–Crippen LogP) is 0.369. The van der Waals surface area contributed by atoms with Crippen molar-refractivity contribution in [2.24, 2.45) is 0 Å². The molecular formula is C19H16N6O5. The molecule has 1 amide bonds. The Morgan fingerprint density at radius 1 is 1.23 bits per heavy atom. The zero-order valence-electron chi connectivity index (χ0n) is 15.8. The van der Waals surface area contributed by atoms with Gasteiger partial charge in [0.2, 0.25) is 0 Å². The fourth-order valence-electron chi connectivity index (χ4n) is 2.85. The first kappa shape index (κ1) is 19.1. The summed E-state index contributed by atoms with van der Waals surface area (Å²) in [6, 6.07) is 9.38. The number of para-hydroxylation sites is 1. The largest absolute Gasteiger partial charge is 0.493 e. The van der Waals surface area contributed by atoms with Crippen molar-refractivity contribution in [1.82, 2.24) is 29.9 Å². The van der Waals surface area contributed by atoms with E-state index in [1.807, 2.05) is 0 Å². The molecule has 3 heterocycles. The molecule has 0 spiro atoms. The normalized spacial score (nSPS) is 10.8. The van der Waals surface area contributed by atoms with E-state index in [1.165, 1.54) is 47.3 Å². The number of benzene rings is 1. The minimum Gasteiger partial charge on any atom is -0.493 e. The van der Waals surface area contributed by atoms with E-state index in [9.17, 15) is 14.4 Å². The van der Waals surface area contributed by atoms with Gasteiger partial charge in [0.25, 0.3) is 11.5 Å². The first-order valence-electron chi connectivity index (χ1n) is 8.89. The molecule has 11 heteroatoms. The topological polar surface area (TPSA) is 134 Å². The SMILES string of the molecule is COc1cccc2cc(C(=O)NCCn3nc(-n4cncn4)ccc3=O)c(=O)oc12. The lowest BCUT2D eigenvalue weighted by molar-refractivity contribution is 0.0948. The number of rotatable bonds is 6. The lowest BCUT2D eigenvalue weighted by atomic mass is 10.1. The van der Waals surface area contributed by atoms with Gasteiger partial charge in [-0.15, -0.1) is 5.10 Å². The number of ether oxygens (including phenoxy) is 1. The number of aromatic nitrogens is 5. The van der Waals surface area contributed by atoms with E-state index in [1.54, 1.807) is 18.2 Å². The van der Waals surface area contributed by atoms with Gasteiger partial charge in [0, 0.05) is 18.0 Å². The van der Waals surface area contributed by atoms with Crippen LogP contribution in [0.1, 0.15) is 10.4 Å². The van der Waals surface area contributed by atoms with Gasteiger partial charge >= 0.3 is 5.63 Å². The quantitative estimate of drug-likeness (QED) is 0.452. The van der Waals surface area contributed by atoms with Gasteiger partial charge in [-0.1, -0.05) is 12.1 Å². The number of fused-ring (bicyclic) bond motifs is 1. The molecule has 30 heavy (non-hydrogen) atoms. The number of hydrogen-bond acceptors (Lipinski definition) is 8. The Morgan fingerprint density at radius 2 is 2.10 bits per heavy atom. The van der Waals surface area contributed by atoms with Gasteiger partial charge in [0.05, 0.1) is 13.7 Å². The highest BCUT2D eigenvalue weighted by Gasteiger charge is 2.15. The third-order valence-corrected chi connectivity index (χ3v) is 4.30. The zero-order chi connectivity index (χ0) is 21.1. The number of amides is 1. The first-order chi connectivity index (χ1) is 14.6. The van der Waals surface area contributed by atoms with Crippen molar-refractivity contribution in [3.05, 3.63) is 75.4 Å². The summed E-state index contributed by atoms with van der Waals surface area (Å²) in [6.07, 6.45) is 2.80. The number of hydrogen-bond donors (Lipinski definition) is 1. The van der Waals surface area contributed by atoms with E-state index in [2.05, 4.69) is 20.5 Å². The standard InChI is InChI=1S/C19H16N6O5/c1-29-14-4-2-3-12-9-13(19(28)30-17(12)14)18(27)21-7-8-24-16(26)6-5-15(23-24)25-11-20-10-22-25/h2-6,9-11H,7-8H2,1H3,(H,21,27). The van der Waals surface area contributed by atoms with Crippen molar-refractivity contribution < 1.29 is 13.9 Å². The molecule has 0 fully saturated rings. The molecule has 11 nitrogen and oxygen atoms in total. The monoisotopic (exact) mass is 408 g/mol. The second-order valence-corrected chi connectivity index (χ2v) is 6.18. The molecule has 0 aliphatic heterocycles. The molecule has 4 rings (SSSR count). The molecule has 0 saturated carbocycles. The van der Waals surface area contributed by atoms with E-state index in [0.29, 0.717) is 17.0 Å². The fraction of sp³-hybridized carbons (Fsp3) is 0.158. The average molecular weight is 408 g/mol. The van der Waals surface area contributed by atoms with Crippen LogP contribution in [0.3, 0.4) is 0 Å². The van der Waals surface area contributed by atoms with Crippen molar-refractivity contribution in [3.8, 4) is 11.6 Å². The van der Waals surface area contributed by atoms with E-state index < -0.39 is 11.5 Å². The molecule has 4 aromatic rings.